The SMILES string of the molecule is CC[C@H](SC1=Nc2ccccc2C2=N[C@H](c3ccccc3)C(=O)N12)C(=O)Nc1cc(C)ccc1C. The average molecular weight is 483 g/mol. The van der Waals surface area contributed by atoms with Gasteiger partial charge in [-0.15, -0.1) is 0 Å². The largest absolute Gasteiger partial charge is 0.325 e. The summed E-state index contributed by atoms with van der Waals surface area (Å²) < 4.78 is 0. The van der Waals surface area contributed by atoms with E-state index in [1.165, 1.54) is 11.8 Å². The molecular weight excluding hydrogens is 456 g/mol. The molecule has 0 fully saturated rings. The summed E-state index contributed by atoms with van der Waals surface area (Å²) in [5.41, 5.74) is 5.28. The number of nitrogens with one attached hydrogen (secondary N) is 1. The van der Waals surface area contributed by atoms with Gasteiger partial charge in [-0.1, -0.05) is 73.3 Å². The van der Waals surface area contributed by atoms with Gasteiger partial charge in [0.1, 0.15) is 5.84 Å². The Morgan fingerprint density at radius 1 is 1.06 bits per heavy atom. The molecule has 0 saturated carbocycles. The second-order valence-electron chi connectivity index (χ2n) is 8.67. The van der Waals surface area contributed by atoms with Crippen molar-refractivity contribution >= 4 is 46.0 Å². The summed E-state index contributed by atoms with van der Waals surface area (Å²) in [7, 11) is 0. The Bertz CT molecular complexity index is 1370. The number of rotatable bonds is 5. The van der Waals surface area contributed by atoms with Crippen molar-refractivity contribution in [3.05, 3.63) is 95.1 Å². The van der Waals surface area contributed by atoms with E-state index >= 15 is 0 Å². The third-order valence-electron chi connectivity index (χ3n) is 6.15. The number of thioether (sulfide) groups is 1. The third-order valence-corrected chi connectivity index (χ3v) is 7.46. The van der Waals surface area contributed by atoms with Gasteiger partial charge in [-0.2, -0.15) is 0 Å². The van der Waals surface area contributed by atoms with Crippen LogP contribution in [0.2, 0.25) is 0 Å². The predicted molar refractivity (Wildman–Crippen MR) is 142 cm³/mol. The number of aryl methyl sites for hydroxylation is 2. The predicted octanol–water partition coefficient (Wildman–Crippen LogP) is 5.79. The number of hydrogen-bond acceptors (Lipinski definition) is 5. The number of hydrogen-bond donors (Lipinski definition) is 1. The molecule has 0 unspecified atom stereocenters. The van der Waals surface area contributed by atoms with Crippen LogP contribution >= 0.6 is 11.8 Å². The van der Waals surface area contributed by atoms with E-state index in [4.69, 9.17) is 9.98 Å². The molecule has 1 N–H and O–H groups in total. The fraction of sp³-hybridized carbons (Fsp3) is 0.214. The molecule has 35 heavy (non-hydrogen) atoms. The fourth-order valence-corrected chi connectivity index (χ4v) is 5.23. The number of amidine groups is 2. The van der Waals surface area contributed by atoms with Crippen molar-refractivity contribution in [1.82, 2.24) is 4.90 Å². The minimum Gasteiger partial charge on any atom is -0.325 e. The van der Waals surface area contributed by atoms with E-state index < -0.39 is 11.3 Å². The van der Waals surface area contributed by atoms with Crippen molar-refractivity contribution in [2.24, 2.45) is 9.98 Å². The molecule has 2 heterocycles. The number of carbonyl (C=O) groups excluding carboxylic acids is 2. The number of anilines is 1. The van der Waals surface area contributed by atoms with Crippen molar-refractivity contribution in [2.45, 2.75) is 38.5 Å². The Morgan fingerprint density at radius 2 is 1.80 bits per heavy atom. The maximum Gasteiger partial charge on any atom is 0.263 e. The van der Waals surface area contributed by atoms with Gasteiger partial charge in [0.2, 0.25) is 5.91 Å². The first-order valence-corrected chi connectivity index (χ1v) is 12.5. The lowest BCUT2D eigenvalue weighted by atomic mass is 10.1. The highest BCUT2D eigenvalue weighted by Crippen LogP contribution is 2.38. The minimum atomic E-state index is -0.632. The Hall–Kier alpha value is -3.71. The highest BCUT2D eigenvalue weighted by atomic mass is 32.2. The lowest BCUT2D eigenvalue weighted by Gasteiger charge is -2.27. The molecule has 0 spiro atoms. The maximum atomic E-state index is 13.6. The molecule has 0 aromatic heterocycles. The van der Waals surface area contributed by atoms with E-state index in [-0.39, 0.29) is 11.8 Å². The number of fused-ring (bicyclic) bond motifs is 3. The van der Waals surface area contributed by atoms with Crippen molar-refractivity contribution in [3.63, 3.8) is 0 Å². The van der Waals surface area contributed by atoms with E-state index in [9.17, 15) is 9.59 Å². The first kappa shape index (κ1) is 23.1. The first-order valence-electron chi connectivity index (χ1n) is 11.7. The smallest absolute Gasteiger partial charge is 0.263 e. The van der Waals surface area contributed by atoms with Gasteiger partial charge in [0, 0.05) is 11.3 Å². The minimum absolute atomic E-state index is 0.113. The summed E-state index contributed by atoms with van der Waals surface area (Å²) in [5.74, 6) is 0.316. The summed E-state index contributed by atoms with van der Waals surface area (Å²) in [6, 6.07) is 22.6. The summed E-state index contributed by atoms with van der Waals surface area (Å²) >= 11 is 1.31. The van der Waals surface area contributed by atoms with Crippen molar-refractivity contribution in [1.29, 1.82) is 0 Å². The summed E-state index contributed by atoms with van der Waals surface area (Å²) in [4.78, 5) is 38.1. The molecule has 2 aliphatic heterocycles. The van der Waals surface area contributed by atoms with Crippen LogP contribution < -0.4 is 5.32 Å². The molecule has 3 aromatic rings. The van der Waals surface area contributed by atoms with Gasteiger partial charge < -0.3 is 5.32 Å². The van der Waals surface area contributed by atoms with Crippen molar-refractivity contribution in [2.75, 3.05) is 5.32 Å². The van der Waals surface area contributed by atoms with Gasteiger partial charge >= 0.3 is 0 Å². The third kappa shape index (κ3) is 4.39. The lowest BCUT2D eigenvalue weighted by Crippen LogP contribution is -2.41. The average Bonchev–Trinajstić information content (AvgIpc) is 3.23. The van der Waals surface area contributed by atoms with Crippen molar-refractivity contribution in [3.8, 4) is 0 Å². The second kappa shape index (κ2) is 9.50. The van der Waals surface area contributed by atoms with Crippen LogP contribution in [0.5, 0.6) is 0 Å². The molecule has 0 radical (unpaired) electrons. The highest BCUT2D eigenvalue weighted by molar-refractivity contribution is 8.15. The molecule has 5 rings (SSSR count). The number of benzene rings is 3. The second-order valence-corrected chi connectivity index (χ2v) is 9.84. The number of carbonyl (C=O) groups is 2. The molecule has 176 valence electrons. The first-order chi connectivity index (χ1) is 17.0. The Labute approximate surface area is 209 Å². The van der Waals surface area contributed by atoms with E-state index in [0.29, 0.717) is 17.4 Å². The lowest BCUT2D eigenvalue weighted by molar-refractivity contribution is -0.124. The fourth-order valence-electron chi connectivity index (χ4n) is 4.21. The van der Waals surface area contributed by atoms with Crippen LogP contribution in [0, 0.1) is 13.8 Å². The molecule has 0 aliphatic carbocycles. The molecule has 3 aromatic carbocycles. The highest BCUT2D eigenvalue weighted by Gasteiger charge is 2.43. The van der Waals surface area contributed by atoms with Crippen LogP contribution in [-0.4, -0.2) is 33.0 Å². The van der Waals surface area contributed by atoms with Gasteiger partial charge in [0.25, 0.3) is 5.91 Å². The number of nitrogens with zero attached hydrogens (tertiary/aromatic N) is 3. The van der Waals surface area contributed by atoms with Gasteiger partial charge in [-0.05, 0) is 55.2 Å². The summed E-state index contributed by atoms with van der Waals surface area (Å²) in [6.07, 6.45) is 0.582. The zero-order valence-electron chi connectivity index (χ0n) is 19.9. The van der Waals surface area contributed by atoms with Crippen LogP contribution in [0.15, 0.2) is 82.8 Å². The van der Waals surface area contributed by atoms with Crippen LogP contribution in [0.3, 0.4) is 0 Å². The molecule has 7 heteroatoms. The summed E-state index contributed by atoms with van der Waals surface area (Å²) in [6.45, 7) is 5.93. The molecule has 2 aliphatic rings. The number of para-hydroxylation sites is 1. The van der Waals surface area contributed by atoms with E-state index in [1.807, 2.05) is 93.6 Å². The molecule has 2 amide bonds. The van der Waals surface area contributed by atoms with Crippen LogP contribution in [-0.2, 0) is 9.59 Å². The maximum absolute atomic E-state index is 13.6. The molecule has 6 nitrogen and oxygen atoms in total. The van der Waals surface area contributed by atoms with Crippen LogP contribution in [0.1, 0.15) is 41.6 Å². The molecular formula is C28H26N4O2S. The van der Waals surface area contributed by atoms with Gasteiger partial charge in [0.05, 0.1) is 10.9 Å². The topological polar surface area (TPSA) is 74.1 Å². The number of amides is 2. The monoisotopic (exact) mass is 482 g/mol. The standard InChI is InChI=1S/C28H26N4O2S/c1-4-23(26(33)29-22-16-17(2)14-15-18(22)3)35-28-30-21-13-9-8-12-20(21)25-31-24(27(34)32(25)28)19-10-6-5-7-11-19/h5-16,23-24H,4H2,1-3H3,(H,29,33)/t23-,24+/m0/s1. The Kier molecular flexibility index (Phi) is 6.26. The van der Waals surface area contributed by atoms with Crippen molar-refractivity contribution < 1.29 is 9.59 Å². The van der Waals surface area contributed by atoms with Crippen LogP contribution in [0.4, 0.5) is 11.4 Å². The molecule has 0 bridgehead atoms. The molecule has 0 saturated heterocycles. The van der Waals surface area contributed by atoms with E-state index in [2.05, 4.69) is 5.32 Å². The Morgan fingerprint density at radius 3 is 2.57 bits per heavy atom. The van der Waals surface area contributed by atoms with E-state index in [0.717, 1.165) is 33.6 Å². The van der Waals surface area contributed by atoms with E-state index in [1.54, 1.807) is 4.90 Å². The normalized spacial score (nSPS) is 17.3. The summed E-state index contributed by atoms with van der Waals surface area (Å²) in [5, 5.41) is 3.12. The van der Waals surface area contributed by atoms with Gasteiger partial charge in [-0.3, -0.25) is 9.59 Å². The van der Waals surface area contributed by atoms with Gasteiger partial charge in [0.15, 0.2) is 11.2 Å². The quantitative estimate of drug-likeness (QED) is 0.501. The molecule has 2 atom stereocenters. The zero-order valence-corrected chi connectivity index (χ0v) is 20.7. The Balaban J connectivity index is 1.46. The van der Waals surface area contributed by atoms with Gasteiger partial charge in [-0.25, -0.2) is 14.9 Å². The van der Waals surface area contributed by atoms with Crippen LogP contribution in [0.25, 0.3) is 0 Å². The zero-order chi connectivity index (χ0) is 24.5. The number of aliphatic imine (C=N–C) groups is 2.